The summed E-state index contributed by atoms with van der Waals surface area (Å²) in [4.78, 5) is 2.39. The lowest BCUT2D eigenvalue weighted by Gasteiger charge is -2.20. The molecule has 3 rings (SSSR count). The molecule has 1 atom stereocenters. The van der Waals surface area contributed by atoms with Gasteiger partial charge >= 0.3 is 0 Å². The lowest BCUT2D eigenvalue weighted by atomic mass is 10.1. The maximum atomic E-state index is 6.00. The molecule has 3 heteroatoms. The highest BCUT2D eigenvalue weighted by Crippen LogP contribution is 2.30. The van der Waals surface area contributed by atoms with Gasteiger partial charge in [0.2, 0.25) is 0 Å². The van der Waals surface area contributed by atoms with Crippen LogP contribution < -0.4 is 16.0 Å². The summed E-state index contributed by atoms with van der Waals surface area (Å²) in [6.45, 7) is 2.03. The average Bonchev–Trinajstić information content (AvgIpc) is 2.84. The molecule has 0 saturated carbocycles. The quantitative estimate of drug-likeness (QED) is 0.848. The van der Waals surface area contributed by atoms with Crippen LogP contribution in [-0.4, -0.2) is 26.2 Å². The Labute approximate surface area is 108 Å². The van der Waals surface area contributed by atoms with E-state index >= 15 is 0 Å². The Morgan fingerprint density at radius 3 is 2.89 bits per heavy atom. The highest BCUT2D eigenvalue weighted by molar-refractivity contribution is 5.96. The maximum absolute atomic E-state index is 6.00. The smallest absolute Gasteiger partial charge is 0.0446 e. The van der Waals surface area contributed by atoms with Gasteiger partial charge in [-0.2, -0.15) is 0 Å². The summed E-state index contributed by atoms with van der Waals surface area (Å²) < 4.78 is 0. The van der Waals surface area contributed by atoms with Crippen molar-refractivity contribution in [2.45, 2.75) is 12.5 Å². The van der Waals surface area contributed by atoms with E-state index in [0.29, 0.717) is 6.04 Å². The van der Waals surface area contributed by atoms with Crippen LogP contribution in [0.25, 0.3) is 10.8 Å². The van der Waals surface area contributed by atoms with Crippen LogP contribution in [0.2, 0.25) is 0 Å². The van der Waals surface area contributed by atoms with Gasteiger partial charge < -0.3 is 16.0 Å². The molecule has 1 aliphatic rings. The van der Waals surface area contributed by atoms with E-state index in [1.165, 1.54) is 16.5 Å². The molecule has 0 bridgehead atoms. The van der Waals surface area contributed by atoms with Gasteiger partial charge in [0.1, 0.15) is 0 Å². The minimum Gasteiger partial charge on any atom is -0.388 e. The number of fused-ring (bicyclic) bond motifs is 1. The van der Waals surface area contributed by atoms with Crippen LogP contribution in [0.1, 0.15) is 6.42 Å². The number of hydrogen-bond donors (Lipinski definition) is 2. The van der Waals surface area contributed by atoms with Crippen LogP contribution in [0.15, 0.2) is 36.4 Å². The molecule has 0 aliphatic carbocycles. The van der Waals surface area contributed by atoms with Gasteiger partial charge in [-0.1, -0.05) is 18.2 Å². The van der Waals surface area contributed by atoms with Crippen molar-refractivity contribution >= 4 is 22.1 Å². The standard InChI is InChI=1S/C15H19N3/c1-17-13-5-6-14-11(9-13)3-2-4-15(14)18-8-7-12(16)10-18/h2-6,9,12,17H,7-8,10,16H2,1H3. The van der Waals surface area contributed by atoms with Gasteiger partial charge in [0.15, 0.2) is 0 Å². The van der Waals surface area contributed by atoms with Gasteiger partial charge in [-0.25, -0.2) is 0 Å². The molecule has 2 aromatic rings. The lowest BCUT2D eigenvalue weighted by Crippen LogP contribution is -2.26. The van der Waals surface area contributed by atoms with Gasteiger partial charge in [-0.15, -0.1) is 0 Å². The van der Waals surface area contributed by atoms with E-state index in [4.69, 9.17) is 5.73 Å². The Bertz CT molecular complexity index is 565. The van der Waals surface area contributed by atoms with Crippen LogP contribution in [-0.2, 0) is 0 Å². The maximum Gasteiger partial charge on any atom is 0.0446 e. The van der Waals surface area contributed by atoms with E-state index in [1.807, 2.05) is 7.05 Å². The Hall–Kier alpha value is -1.74. The summed E-state index contributed by atoms with van der Waals surface area (Å²) in [5.74, 6) is 0. The van der Waals surface area contributed by atoms with E-state index in [2.05, 4.69) is 46.6 Å². The highest BCUT2D eigenvalue weighted by Gasteiger charge is 2.20. The van der Waals surface area contributed by atoms with E-state index in [-0.39, 0.29) is 0 Å². The summed E-state index contributed by atoms with van der Waals surface area (Å²) >= 11 is 0. The first-order chi connectivity index (χ1) is 8.78. The average molecular weight is 241 g/mol. The van der Waals surface area contributed by atoms with Crippen molar-refractivity contribution in [2.75, 3.05) is 30.4 Å². The largest absolute Gasteiger partial charge is 0.388 e. The Kier molecular flexibility index (Phi) is 2.84. The van der Waals surface area contributed by atoms with E-state index in [1.54, 1.807) is 0 Å². The highest BCUT2D eigenvalue weighted by atomic mass is 15.2. The molecule has 1 heterocycles. The number of nitrogens with one attached hydrogen (secondary N) is 1. The minimum absolute atomic E-state index is 0.317. The molecule has 1 saturated heterocycles. The topological polar surface area (TPSA) is 41.3 Å². The number of benzene rings is 2. The number of nitrogens with zero attached hydrogens (tertiary/aromatic N) is 1. The van der Waals surface area contributed by atoms with Crippen molar-refractivity contribution < 1.29 is 0 Å². The van der Waals surface area contributed by atoms with Crippen LogP contribution >= 0.6 is 0 Å². The zero-order valence-corrected chi connectivity index (χ0v) is 10.7. The number of nitrogens with two attached hydrogens (primary N) is 1. The third-order valence-electron chi connectivity index (χ3n) is 3.71. The van der Waals surface area contributed by atoms with Gasteiger partial charge in [0, 0.05) is 42.9 Å². The first-order valence-electron chi connectivity index (χ1n) is 6.49. The monoisotopic (exact) mass is 241 g/mol. The number of hydrogen-bond acceptors (Lipinski definition) is 3. The van der Waals surface area contributed by atoms with Gasteiger partial charge in [0.25, 0.3) is 0 Å². The minimum atomic E-state index is 0.317. The fourth-order valence-electron chi connectivity index (χ4n) is 2.70. The zero-order valence-electron chi connectivity index (χ0n) is 10.7. The fraction of sp³-hybridized carbons (Fsp3) is 0.333. The second-order valence-corrected chi connectivity index (χ2v) is 4.96. The summed E-state index contributed by atoms with van der Waals surface area (Å²) in [7, 11) is 1.95. The molecule has 1 aliphatic heterocycles. The molecule has 18 heavy (non-hydrogen) atoms. The van der Waals surface area contributed by atoms with Crippen molar-refractivity contribution in [3.8, 4) is 0 Å². The van der Waals surface area contributed by atoms with Crippen molar-refractivity contribution in [3.05, 3.63) is 36.4 Å². The van der Waals surface area contributed by atoms with Crippen molar-refractivity contribution in [2.24, 2.45) is 5.73 Å². The lowest BCUT2D eigenvalue weighted by molar-refractivity contribution is 0.752. The van der Waals surface area contributed by atoms with Crippen molar-refractivity contribution in [1.29, 1.82) is 0 Å². The molecule has 1 fully saturated rings. The molecule has 2 aromatic carbocycles. The molecular weight excluding hydrogens is 222 g/mol. The fourth-order valence-corrected chi connectivity index (χ4v) is 2.70. The predicted octanol–water partition coefficient (Wildman–Crippen LogP) is 2.42. The first kappa shape index (κ1) is 11.4. The molecule has 1 unspecified atom stereocenters. The zero-order chi connectivity index (χ0) is 12.5. The van der Waals surface area contributed by atoms with E-state index in [9.17, 15) is 0 Å². The van der Waals surface area contributed by atoms with Gasteiger partial charge in [0.05, 0.1) is 0 Å². The molecule has 0 radical (unpaired) electrons. The van der Waals surface area contributed by atoms with Crippen LogP contribution in [0.3, 0.4) is 0 Å². The van der Waals surface area contributed by atoms with Gasteiger partial charge in [-0.3, -0.25) is 0 Å². The number of anilines is 2. The Morgan fingerprint density at radius 1 is 1.28 bits per heavy atom. The summed E-state index contributed by atoms with van der Waals surface area (Å²) in [5.41, 5.74) is 8.46. The second-order valence-electron chi connectivity index (χ2n) is 4.96. The number of rotatable bonds is 2. The Morgan fingerprint density at radius 2 is 2.17 bits per heavy atom. The molecule has 3 nitrogen and oxygen atoms in total. The molecule has 0 aromatic heterocycles. The third kappa shape index (κ3) is 1.91. The third-order valence-corrected chi connectivity index (χ3v) is 3.71. The molecular formula is C15H19N3. The normalized spacial score (nSPS) is 19.4. The van der Waals surface area contributed by atoms with Gasteiger partial charge in [-0.05, 0) is 30.0 Å². The molecule has 0 amide bonds. The van der Waals surface area contributed by atoms with Crippen LogP contribution in [0.5, 0.6) is 0 Å². The van der Waals surface area contributed by atoms with E-state index in [0.717, 1.165) is 25.2 Å². The molecule has 94 valence electrons. The second kappa shape index (κ2) is 4.50. The van der Waals surface area contributed by atoms with Crippen molar-refractivity contribution in [3.63, 3.8) is 0 Å². The predicted molar refractivity (Wildman–Crippen MR) is 78.3 cm³/mol. The van der Waals surface area contributed by atoms with E-state index < -0.39 is 0 Å². The first-order valence-corrected chi connectivity index (χ1v) is 6.49. The molecule has 0 spiro atoms. The summed E-state index contributed by atoms with van der Waals surface area (Å²) in [6, 6.07) is 13.3. The summed E-state index contributed by atoms with van der Waals surface area (Å²) in [6.07, 6.45) is 1.09. The SMILES string of the molecule is CNc1ccc2c(N3CCC(N)C3)cccc2c1. The Balaban J connectivity index is 2.07. The van der Waals surface area contributed by atoms with Crippen LogP contribution in [0.4, 0.5) is 11.4 Å². The van der Waals surface area contributed by atoms with Crippen molar-refractivity contribution in [1.82, 2.24) is 0 Å². The summed E-state index contributed by atoms with van der Waals surface area (Å²) in [5, 5.41) is 5.77. The molecule has 3 N–H and O–H groups in total. The van der Waals surface area contributed by atoms with Crippen LogP contribution in [0, 0.1) is 0 Å².